The molecule has 0 aliphatic heterocycles. The molecule has 2 heteroatoms. The van der Waals surface area contributed by atoms with Gasteiger partial charge >= 0.3 is 54.2 Å². The Morgan fingerprint density at radius 1 is 1.67 bits per heavy atom. The molecule has 0 saturated carbocycles. The van der Waals surface area contributed by atoms with Crippen LogP contribution < -0.4 is 0 Å². The summed E-state index contributed by atoms with van der Waals surface area (Å²) in [7, 11) is 5.59. The van der Waals surface area contributed by atoms with Crippen molar-refractivity contribution >= 4 is 30.3 Å². The van der Waals surface area contributed by atoms with Gasteiger partial charge in [0.15, 0.2) is 0 Å². The maximum atomic E-state index is 5.59. The molecule has 0 fully saturated rings. The van der Waals surface area contributed by atoms with E-state index in [0.717, 1.165) is 0 Å². The molecule has 0 aromatic rings. The van der Waals surface area contributed by atoms with Crippen LogP contribution in [0.4, 0.5) is 0 Å². The van der Waals surface area contributed by atoms with Crippen LogP contribution in [0.5, 0.6) is 0 Å². The standard InChI is InChI=1S/C4H9.ClH.In.H/c1-3-4-2;;;/h1,3-4H2,2H3;1H;;/q;;+1;/p-1. The van der Waals surface area contributed by atoms with Crippen LogP contribution in [0.3, 0.4) is 0 Å². The summed E-state index contributed by atoms with van der Waals surface area (Å²) in [6.45, 7) is 2.21. The van der Waals surface area contributed by atoms with Gasteiger partial charge in [-0.3, -0.25) is 0 Å². The van der Waals surface area contributed by atoms with Crippen molar-refractivity contribution in [3.05, 3.63) is 0 Å². The van der Waals surface area contributed by atoms with Crippen LogP contribution in [0.2, 0.25) is 4.18 Å². The van der Waals surface area contributed by atoms with E-state index in [9.17, 15) is 0 Å². The molecule has 0 saturated heterocycles. The molecule has 36 valence electrons. The van der Waals surface area contributed by atoms with Crippen molar-refractivity contribution in [2.75, 3.05) is 0 Å². The summed E-state index contributed by atoms with van der Waals surface area (Å²) in [5.74, 6) is 0. The van der Waals surface area contributed by atoms with Crippen LogP contribution in [-0.4, -0.2) is 21.7 Å². The van der Waals surface area contributed by atoms with Crippen molar-refractivity contribution in [1.82, 2.24) is 0 Å². The summed E-state index contributed by atoms with van der Waals surface area (Å²) in [5, 5.41) is 0. The molecular weight excluding hydrogens is 198 g/mol. The molecule has 0 amide bonds. The van der Waals surface area contributed by atoms with E-state index in [2.05, 4.69) is 6.92 Å². The van der Waals surface area contributed by atoms with Crippen LogP contribution in [0.25, 0.3) is 0 Å². The average Bonchev–Trinajstić information content (AvgIpc) is 1.61. The Morgan fingerprint density at radius 2 is 2.33 bits per heavy atom. The first-order valence-electron chi connectivity index (χ1n) is 2.47. The van der Waals surface area contributed by atoms with E-state index in [0.29, 0.717) is 0 Å². The Kier molecular flexibility index (Phi) is 7.35. The maximum absolute atomic E-state index is 5.59. The molecule has 0 aromatic carbocycles. The third-order valence-electron chi connectivity index (χ3n) is 0.737. The van der Waals surface area contributed by atoms with Crippen LogP contribution >= 0.6 is 8.58 Å². The molecule has 0 heterocycles. The third-order valence-corrected chi connectivity index (χ3v) is 4.72. The molecule has 0 unspecified atom stereocenters. The zero-order chi connectivity index (χ0) is 4.83. The fourth-order valence-electron chi connectivity index (χ4n) is 0.344. The van der Waals surface area contributed by atoms with E-state index in [4.69, 9.17) is 8.58 Å². The van der Waals surface area contributed by atoms with Gasteiger partial charge in [-0.25, -0.2) is 0 Å². The second-order valence-electron chi connectivity index (χ2n) is 1.40. The molecule has 0 nitrogen and oxygen atoms in total. The van der Waals surface area contributed by atoms with E-state index in [1.807, 2.05) is 0 Å². The zero-order valence-corrected chi connectivity index (χ0v) is 9.00. The topological polar surface area (TPSA) is 0 Å². The normalized spacial score (nSPS) is 8.33. The molecule has 0 N–H and O–H groups in total. The number of hydrogen-bond acceptors (Lipinski definition) is 0. The minimum atomic E-state index is -0.612. The van der Waals surface area contributed by atoms with Crippen LogP contribution in [0.1, 0.15) is 19.8 Å². The van der Waals surface area contributed by atoms with Crippen molar-refractivity contribution in [1.29, 1.82) is 0 Å². The van der Waals surface area contributed by atoms with E-state index >= 15 is 0 Å². The summed E-state index contributed by atoms with van der Waals surface area (Å²) in [6.07, 6.45) is 2.70. The Balaban J connectivity index is 2.34. The van der Waals surface area contributed by atoms with Gasteiger partial charge in [0.2, 0.25) is 0 Å². The molecule has 0 atom stereocenters. The summed E-state index contributed by atoms with van der Waals surface area (Å²) < 4.78 is 1.39. The second-order valence-corrected chi connectivity index (χ2v) is 7.03. The number of unbranched alkanes of at least 4 members (excludes halogenated alkanes) is 1. The Hall–Kier alpha value is 1.16. The van der Waals surface area contributed by atoms with E-state index in [-0.39, 0.29) is 0 Å². The Morgan fingerprint density at radius 3 is 2.50 bits per heavy atom. The quantitative estimate of drug-likeness (QED) is 0.620. The second kappa shape index (κ2) is 6.16. The van der Waals surface area contributed by atoms with Crippen molar-refractivity contribution in [3.63, 3.8) is 0 Å². The molecule has 0 aliphatic rings. The zero-order valence-electron chi connectivity index (χ0n) is 4.21. The Bertz CT molecular complexity index is 19.5. The van der Waals surface area contributed by atoms with E-state index in [1.165, 1.54) is 17.0 Å². The molecule has 0 spiro atoms. The minimum absolute atomic E-state index is 0.612. The number of halogens is 1. The molecule has 0 aliphatic carbocycles. The summed E-state index contributed by atoms with van der Waals surface area (Å²) in [4.78, 5) is 0. The van der Waals surface area contributed by atoms with Crippen molar-refractivity contribution in [2.45, 2.75) is 23.9 Å². The predicted octanol–water partition coefficient (Wildman–Crippen LogP) is 1.80. The molecule has 0 radical (unpaired) electrons. The number of hydrogen-bond donors (Lipinski definition) is 0. The molecule has 0 aromatic heterocycles. The van der Waals surface area contributed by atoms with Gasteiger partial charge < -0.3 is 0 Å². The van der Waals surface area contributed by atoms with Crippen molar-refractivity contribution < 1.29 is 0 Å². The van der Waals surface area contributed by atoms with Gasteiger partial charge in [-0.1, -0.05) is 0 Å². The molecule has 0 rings (SSSR count). The van der Waals surface area contributed by atoms with E-state index in [1.54, 1.807) is 0 Å². The fraction of sp³-hybridized carbons (Fsp3) is 1.00. The molecule has 0 bridgehead atoms. The van der Waals surface area contributed by atoms with Gasteiger partial charge in [-0.2, -0.15) is 0 Å². The monoisotopic (exact) mass is 208 g/mol. The predicted molar refractivity (Wildman–Crippen MR) is 32.7 cm³/mol. The fourth-order valence-corrected chi connectivity index (χ4v) is 3.58. The summed E-state index contributed by atoms with van der Waals surface area (Å²) in [5.41, 5.74) is 0. The van der Waals surface area contributed by atoms with Gasteiger partial charge in [0.25, 0.3) is 0 Å². The van der Waals surface area contributed by atoms with Crippen LogP contribution in [0.15, 0.2) is 0 Å². The third kappa shape index (κ3) is 5.16. The molecular formula is C4H10ClIn. The van der Waals surface area contributed by atoms with Crippen molar-refractivity contribution in [2.24, 2.45) is 0 Å². The first-order valence-corrected chi connectivity index (χ1v) is 10.4. The van der Waals surface area contributed by atoms with Gasteiger partial charge in [-0.15, -0.1) is 0 Å². The number of rotatable bonds is 3. The first kappa shape index (κ1) is 7.16. The summed E-state index contributed by atoms with van der Waals surface area (Å²) >= 11 is -0.612. The summed E-state index contributed by atoms with van der Waals surface area (Å²) in [6, 6.07) is 0. The van der Waals surface area contributed by atoms with Gasteiger partial charge in [-0.05, 0) is 0 Å². The SMILES string of the molecule is CCC[CH2][InH][Cl]. The Labute approximate surface area is 54.2 Å². The van der Waals surface area contributed by atoms with Crippen molar-refractivity contribution in [3.8, 4) is 0 Å². The molecule has 6 heavy (non-hydrogen) atoms. The first-order chi connectivity index (χ1) is 2.91. The average molecular weight is 208 g/mol. The van der Waals surface area contributed by atoms with E-state index < -0.39 is 21.7 Å². The van der Waals surface area contributed by atoms with Gasteiger partial charge in [0.1, 0.15) is 0 Å². The van der Waals surface area contributed by atoms with Gasteiger partial charge in [0, 0.05) is 0 Å². The van der Waals surface area contributed by atoms with Crippen LogP contribution in [0, 0.1) is 0 Å². The van der Waals surface area contributed by atoms with Crippen LogP contribution in [-0.2, 0) is 0 Å². The van der Waals surface area contributed by atoms with Gasteiger partial charge in [0.05, 0.1) is 0 Å².